The third-order valence-electron chi connectivity index (χ3n) is 4.65. The number of rotatable bonds is 6. The third kappa shape index (κ3) is 3.72. The molecule has 136 valence electrons. The number of benzene rings is 2. The molecule has 4 nitrogen and oxygen atoms in total. The van der Waals surface area contributed by atoms with Crippen LogP contribution in [0.1, 0.15) is 25.0 Å². The van der Waals surface area contributed by atoms with Crippen LogP contribution < -0.4 is 10.1 Å². The number of methoxy groups -OCH3 is 1. The lowest BCUT2D eigenvalue weighted by atomic mass is 9.84. The van der Waals surface area contributed by atoms with Crippen molar-refractivity contribution in [1.82, 2.24) is 10.3 Å². The second-order valence-electron chi connectivity index (χ2n) is 7.04. The van der Waals surface area contributed by atoms with Crippen LogP contribution in [0.25, 0.3) is 10.9 Å². The Morgan fingerprint density at radius 2 is 2.00 bits per heavy atom. The number of H-pyrrole nitrogens is 1. The predicted octanol–water partition coefficient (Wildman–Crippen LogP) is 3.95. The van der Waals surface area contributed by atoms with Gasteiger partial charge in [-0.3, -0.25) is 4.79 Å². The molecule has 26 heavy (non-hydrogen) atoms. The molecule has 2 N–H and O–H groups in total. The fourth-order valence-corrected chi connectivity index (χ4v) is 3.08. The topological polar surface area (TPSA) is 54.1 Å². The molecule has 0 aliphatic carbocycles. The minimum absolute atomic E-state index is 0.0322. The highest BCUT2D eigenvalue weighted by Crippen LogP contribution is 2.32. The second-order valence-corrected chi connectivity index (χ2v) is 7.04. The maximum Gasteiger partial charge on any atom is 0.224 e. The fourth-order valence-electron chi connectivity index (χ4n) is 3.08. The van der Waals surface area contributed by atoms with Crippen LogP contribution in [0.2, 0.25) is 0 Å². The molecule has 0 aliphatic rings. The molecular formula is C21H23FN2O2. The van der Waals surface area contributed by atoms with E-state index in [0.717, 1.165) is 22.2 Å². The SMILES string of the molecule is COc1ccc2[nH]cc(C(C)(C)CNC(=O)Cc3ccccc3F)c2c1. The molecule has 0 unspecified atom stereocenters. The van der Waals surface area contributed by atoms with E-state index >= 15 is 0 Å². The number of fused-ring (bicyclic) bond motifs is 1. The molecular weight excluding hydrogens is 331 g/mol. The first kappa shape index (κ1) is 18.0. The van der Waals surface area contributed by atoms with Crippen LogP contribution in [-0.2, 0) is 16.6 Å². The standard InChI is InChI=1S/C21H23FN2O2/c1-21(2,13-24-20(25)10-14-6-4-5-7-18(14)22)17-12-23-19-9-8-15(26-3)11-16(17)19/h4-9,11-12,23H,10,13H2,1-3H3,(H,24,25). The highest BCUT2D eigenvalue weighted by atomic mass is 19.1. The van der Waals surface area contributed by atoms with Crippen molar-refractivity contribution in [2.24, 2.45) is 0 Å². The molecule has 0 saturated carbocycles. The van der Waals surface area contributed by atoms with Gasteiger partial charge in [-0.15, -0.1) is 0 Å². The number of nitrogens with one attached hydrogen (secondary N) is 2. The Morgan fingerprint density at radius 3 is 2.73 bits per heavy atom. The molecule has 3 rings (SSSR count). The van der Waals surface area contributed by atoms with E-state index < -0.39 is 0 Å². The van der Waals surface area contributed by atoms with Crippen LogP contribution in [0, 0.1) is 5.82 Å². The number of hydrogen-bond donors (Lipinski definition) is 2. The molecule has 0 aliphatic heterocycles. The highest BCUT2D eigenvalue weighted by molar-refractivity contribution is 5.86. The van der Waals surface area contributed by atoms with Crippen molar-refractivity contribution in [1.29, 1.82) is 0 Å². The summed E-state index contributed by atoms with van der Waals surface area (Å²) in [7, 11) is 1.64. The summed E-state index contributed by atoms with van der Waals surface area (Å²) in [5.41, 5.74) is 2.22. The van der Waals surface area contributed by atoms with Crippen molar-refractivity contribution >= 4 is 16.8 Å². The summed E-state index contributed by atoms with van der Waals surface area (Å²) in [6.45, 7) is 4.58. The van der Waals surface area contributed by atoms with Crippen LogP contribution in [0.4, 0.5) is 4.39 Å². The van der Waals surface area contributed by atoms with Gasteiger partial charge in [0.05, 0.1) is 13.5 Å². The van der Waals surface area contributed by atoms with E-state index in [9.17, 15) is 9.18 Å². The Labute approximate surface area is 152 Å². The van der Waals surface area contributed by atoms with Crippen molar-refractivity contribution in [3.8, 4) is 5.75 Å². The Hall–Kier alpha value is -2.82. The van der Waals surface area contributed by atoms with E-state index in [4.69, 9.17) is 4.74 Å². The number of carbonyl (C=O) groups excluding carboxylic acids is 1. The van der Waals surface area contributed by atoms with Gasteiger partial charge in [-0.2, -0.15) is 0 Å². The van der Waals surface area contributed by atoms with E-state index in [1.807, 2.05) is 24.4 Å². The summed E-state index contributed by atoms with van der Waals surface area (Å²) in [5, 5.41) is 4.00. The first-order chi connectivity index (χ1) is 12.4. The summed E-state index contributed by atoms with van der Waals surface area (Å²) < 4.78 is 19.0. The van der Waals surface area contributed by atoms with Crippen molar-refractivity contribution < 1.29 is 13.9 Å². The third-order valence-corrected chi connectivity index (χ3v) is 4.65. The minimum atomic E-state index is -0.356. The van der Waals surface area contributed by atoms with E-state index in [2.05, 4.69) is 24.1 Å². The summed E-state index contributed by atoms with van der Waals surface area (Å²) >= 11 is 0. The first-order valence-corrected chi connectivity index (χ1v) is 8.56. The smallest absolute Gasteiger partial charge is 0.224 e. The molecule has 1 amide bonds. The number of carbonyl (C=O) groups is 1. The van der Waals surface area contributed by atoms with Gasteiger partial charge < -0.3 is 15.0 Å². The quantitative estimate of drug-likeness (QED) is 0.704. The summed E-state index contributed by atoms with van der Waals surface area (Å²) in [6, 6.07) is 12.2. The minimum Gasteiger partial charge on any atom is -0.497 e. The van der Waals surface area contributed by atoms with E-state index in [0.29, 0.717) is 12.1 Å². The van der Waals surface area contributed by atoms with Gasteiger partial charge in [-0.25, -0.2) is 4.39 Å². The lowest BCUT2D eigenvalue weighted by molar-refractivity contribution is -0.120. The molecule has 5 heteroatoms. The van der Waals surface area contributed by atoms with Crippen molar-refractivity contribution in [3.05, 3.63) is 65.6 Å². The average Bonchev–Trinajstić information content (AvgIpc) is 3.06. The Morgan fingerprint density at radius 1 is 1.23 bits per heavy atom. The van der Waals surface area contributed by atoms with Gasteiger partial charge in [0.1, 0.15) is 11.6 Å². The molecule has 1 heterocycles. The average molecular weight is 354 g/mol. The zero-order valence-electron chi connectivity index (χ0n) is 15.2. The van der Waals surface area contributed by atoms with Crippen molar-refractivity contribution in [2.45, 2.75) is 25.7 Å². The lowest BCUT2D eigenvalue weighted by Crippen LogP contribution is -2.37. The molecule has 0 fully saturated rings. The van der Waals surface area contributed by atoms with E-state index in [-0.39, 0.29) is 23.6 Å². The van der Waals surface area contributed by atoms with Gasteiger partial charge >= 0.3 is 0 Å². The zero-order chi connectivity index (χ0) is 18.7. The van der Waals surface area contributed by atoms with Crippen molar-refractivity contribution in [2.75, 3.05) is 13.7 Å². The maximum absolute atomic E-state index is 13.7. The van der Waals surface area contributed by atoms with Crippen LogP contribution >= 0.6 is 0 Å². The van der Waals surface area contributed by atoms with Gasteiger partial charge in [-0.05, 0) is 35.4 Å². The van der Waals surface area contributed by atoms with Gasteiger partial charge in [0.25, 0.3) is 0 Å². The van der Waals surface area contributed by atoms with E-state index in [1.54, 1.807) is 25.3 Å². The molecule has 0 spiro atoms. The second kappa shape index (κ2) is 7.20. The number of aromatic amines is 1. The molecule has 3 aromatic rings. The first-order valence-electron chi connectivity index (χ1n) is 8.56. The number of aromatic nitrogens is 1. The molecule has 0 atom stereocenters. The van der Waals surface area contributed by atoms with Crippen LogP contribution in [0.15, 0.2) is 48.7 Å². The highest BCUT2D eigenvalue weighted by Gasteiger charge is 2.25. The number of amides is 1. The molecule has 0 saturated heterocycles. The number of ether oxygens (including phenoxy) is 1. The monoisotopic (exact) mass is 354 g/mol. The normalized spacial score (nSPS) is 11.5. The molecule has 2 aromatic carbocycles. The fraction of sp³-hybridized carbons (Fsp3) is 0.286. The molecule has 1 aromatic heterocycles. The number of hydrogen-bond acceptors (Lipinski definition) is 2. The number of halogens is 1. The Kier molecular flexibility index (Phi) is 4.98. The zero-order valence-corrected chi connectivity index (χ0v) is 15.2. The van der Waals surface area contributed by atoms with Crippen LogP contribution in [0.3, 0.4) is 0 Å². The largest absolute Gasteiger partial charge is 0.497 e. The van der Waals surface area contributed by atoms with Crippen molar-refractivity contribution in [3.63, 3.8) is 0 Å². The van der Waals surface area contributed by atoms with Crippen LogP contribution in [0.5, 0.6) is 5.75 Å². The summed E-state index contributed by atoms with van der Waals surface area (Å²) in [5.74, 6) is 0.240. The summed E-state index contributed by atoms with van der Waals surface area (Å²) in [4.78, 5) is 15.5. The lowest BCUT2D eigenvalue weighted by Gasteiger charge is -2.25. The maximum atomic E-state index is 13.7. The van der Waals surface area contributed by atoms with Gasteiger partial charge in [0.15, 0.2) is 0 Å². The predicted molar refractivity (Wildman–Crippen MR) is 101 cm³/mol. The Balaban J connectivity index is 1.73. The van der Waals surface area contributed by atoms with Gasteiger partial charge in [0.2, 0.25) is 5.91 Å². The van der Waals surface area contributed by atoms with Crippen LogP contribution in [-0.4, -0.2) is 24.5 Å². The van der Waals surface area contributed by atoms with E-state index in [1.165, 1.54) is 6.07 Å². The Bertz CT molecular complexity index is 931. The summed E-state index contributed by atoms with van der Waals surface area (Å²) in [6.07, 6.45) is 2.00. The molecule has 0 bridgehead atoms. The van der Waals surface area contributed by atoms with Gasteiger partial charge in [0, 0.05) is 29.1 Å². The van der Waals surface area contributed by atoms with Gasteiger partial charge in [-0.1, -0.05) is 32.0 Å². The molecule has 0 radical (unpaired) electrons.